The van der Waals surface area contributed by atoms with E-state index in [4.69, 9.17) is 14.2 Å². The Morgan fingerprint density at radius 3 is 2.92 bits per heavy atom. The van der Waals surface area contributed by atoms with E-state index in [1.807, 2.05) is 0 Å². The zero-order valence-electron chi connectivity index (χ0n) is 6.99. The van der Waals surface area contributed by atoms with E-state index < -0.39 is 12.3 Å². The third-order valence-corrected chi connectivity index (χ3v) is 1.51. The van der Waals surface area contributed by atoms with Crippen LogP contribution >= 0.6 is 0 Å². The second-order valence-electron chi connectivity index (χ2n) is 2.21. The summed E-state index contributed by atoms with van der Waals surface area (Å²) in [6.45, 7) is 5.31. The van der Waals surface area contributed by atoms with Crippen LogP contribution in [0.3, 0.4) is 0 Å². The maximum Gasteiger partial charge on any atom is 0.514 e. The molecule has 0 aliphatic carbocycles. The Kier molecular flexibility index (Phi) is 2.38. The molecular formula is C8H10O4. The zero-order valence-corrected chi connectivity index (χ0v) is 6.99. The van der Waals surface area contributed by atoms with E-state index in [1.165, 1.54) is 7.11 Å². The molecule has 0 aromatic rings. The Hall–Kier alpha value is -1.45. The molecule has 66 valence electrons. The van der Waals surface area contributed by atoms with Crippen LogP contribution in [0.15, 0.2) is 24.2 Å². The van der Waals surface area contributed by atoms with Gasteiger partial charge in [0.05, 0.1) is 7.11 Å². The first kappa shape index (κ1) is 8.64. The minimum Gasteiger partial charge on any atom is -0.497 e. The fourth-order valence-electron chi connectivity index (χ4n) is 0.870. The summed E-state index contributed by atoms with van der Waals surface area (Å²) in [5, 5.41) is 0. The van der Waals surface area contributed by atoms with Crippen molar-refractivity contribution in [3.05, 3.63) is 24.2 Å². The monoisotopic (exact) mass is 170 g/mol. The number of hydrogen-bond donors (Lipinski definition) is 0. The average molecular weight is 170 g/mol. The van der Waals surface area contributed by atoms with Crippen LogP contribution in [-0.4, -0.2) is 19.4 Å². The van der Waals surface area contributed by atoms with Gasteiger partial charge in [-0.2, -0.15) is 0 Å². The number of methoxy groups -OCH3 is 1. The lowest BCUT2D eigenvalue weighted by atomic mass is 10.2. The molecule has 1 unspecified atom stereocenters. The summed E-state index contributed by atoms with van der Waals surface area (Å²) in [6.07, 6.45) is 0.332. The lowest BCUT2D eigenvalue weighted by Crippen LogP contribution is -2.12. The summed E-state index contributed by atoms with van der Waals surface area (Å²) in [7, 11) is 1.46. The van der Waals surface area contributed by atoms with Crippen molar-refractivity contribution in [2.45, 2.75) is 13.0 Å². The highest BCUT2D eigenvalue weighted by Crippen LogP contribution is 2.24. The van der Waals surface area contributed by atoms with Gasteiger partial charge in [0.2, 0.25) is 6.10 Å². The fourth-order valence-corrected chi connectivity index (χ4v) is 0.870. The molecule has 12 heavy (non-hydrogen) atoms. The van der Waals surface area contributed by atoms with Crippen LogP contribution in [0.2, 0.25) is 0 Å². The summed E-state index contributed by atoms with van der Waals surface area (Å²) in [6, 6.07) is 0. The largest absolute Gasteiger partial charge is 0.514 e. The second-order valence-corrected chi connectivity index (χ2v) is 2.21. The van der Waals surface area contributed by atoms with Gasteiger partial charge in [0.25, 0.3) is 0 Å². The predicted molar refractivity (Wildman–Crippen MR) is 41.3 cm³/mol. The molecule has 1 heterocycles. The standard InChI is InChI=1S/C8H10O4/c1-4-6-7(5(2)10-3)12-8(9)11-6/h4,7H,2H2,1,3H3. The van der Waals surface area contributed by atoms with E-state index in [-0.39, 0.29) is 0 Å². The topological polar surface area (TPSA) is 44.8 Å². The van der Waals surface area contributed by atoms with E-state index in [0.717, 1.165) is 0 Å². The molecule has 0 aromatic heterocycles. The lowest BCUT2D eigenvalue weighted by molar-refractivity contribution is 0.108. The van der Waals surface area contributed by atoms with E-state index in [1.54, 1.807) is 13.0 Å². The summed E-state index contributed by atoms with van der Waals surface area (Å²) in [4.78, 5) is 10.7. The van der Waals surface area contributed by atoms with Gasteiger partial charge in [-0.05, 0) is 13.0 Å². The summed E-state index contributed by atoms with van der Waals surface area (Å²) >= 11 is 0. The van der Waals surface area contributed by atoms with Gasteiger partial charge in [-0.3, -0.25) is 0 Å². The molecule has 0 saturated carbocycles. The maximum absolute atomic E-state index is 10.7. The zero-order chi connectivity index (χ0) is 9.14. The second kappa shape index (κ2) is 3.30. The van der Waals surface area contributed by atoms with Gasteiger partial charge in [-0.1, -0.05) is 6.58 Å². The normalized spacial score (nSPS) is 25.0. The van der Waals surface area contributed by atoms with Gasteiger partial charge in [-0.25, -0.2) is 4.79 Å². The van der Waals surface area contributed by atoms with Crippen LogP contribution in [0.4, 0.5) is 4.79 Å². The number of allylic oxidation sites excluding steroid dienone is 1. The first-order valence-electron chi connectivity index (χ1n) is 3.46. The number of cyclic esters (lactones) is 2. The third kappa shape index (κ3) is 1.42. The quantitative estimate of drug-likeness (QED) is 0.466. The average Bonchev–Trinajstić information content (AvgIpc) is 2.45. The molecule has 0 bridgehead atoms. The Morgan fingerprint density at radius 2 is 2.42 bits per heavy atom. The number of ether oxygens (including phenoxy) is 3. The van der Waals surface area contributed by atoms with Crippen LogP contribution in [0.25, 0.3) is 0 Å². The molecule has 1 aliphatic rings. The number of rotatable bonds is 2. The highest BCUT2D eigenvalue weighted by molar-refractivity contribution is 5.65. The number of hydrogen-bond acceptors (Lipinski definition) is 4. The van der Waals surface area contributed by atoms with Crippen LogP contribution in [0, 0.1) is 0 Å². The van der Waals surface area contributed by atoms with E-state index in [0.29, 0.717) is 11.5 Å². The van der Waals surface area contributed by atoms with Crippen molar-refractivity contribution < 1.29 is 19.0 Å². The molecule has 4 nitrogen and oxygen atoms in total. The Balaban J connectivity index is 2.77. The molecular weight excluding hydrogens is 160 g/mol. The Bertz CT molecular complexity index is 241. The molecule has 1 fully saturated rings. The lowest BCUT2D eigenvalue weighted by Gasteiger charge is -2.08. The molecule has 1 rings (SSSR count). The van der Waals surface area contributed by atoms with Gasteiger partial charge in [0.15, 0.2) is 5.76 Å². The van der Waals surface area contributed by atoms with Crippen molar-refractivity contribution in [3.63, 3.8) is 0 Å². The fraction of sp³-hybridized carbons (Fsp3) is 0.375. The highest BCUT2D eigenvalue weighted by Gasteiger charge is 2.33. The molecule has 1 atom stereocenters. The molecule has 1 aliphatic heterocycles. The van der Waals surface area contributed by atoms with Crippen LogP contribution in [-0.2, 0) is 14.2 Å². The highest BCUT2D eigenvalue weighted by atomic mass is 16.8. The maximum atomic E-state index is 10.7. The van der Waals surface area contributed by atoms with Gasteiger partial charge in [0, 0.05) is 0 Å². The molecule has 1 saturated heterocycles. The third-order valence-electron chi connectivity index (χ3n) is 1.51. The van der Waals surface area contributed by atoms with Crippen molar-refractivity contribution in [1.82, 2.24) is 0 Å². The smallest absolute Gasteiger partial charge is 0.497 e. The van der Waals surface area contributed by atoms with Crippen molar-refractivity contribution in [1.29, 1.82) is 0 Å². The molecule has 4 heteroatoms. The van der Waals surface area contributed by atoms with E-state index >= 15 is 0 Å². The first-order valence-corrected chi connectivity index (χ1v) is 3.46. The van der Waals surface area contributed by atoms with E-state index in [2.05, 4.69) is 6.58 Å². The van der Waals surface area contributed by atoms with Gasteiger partial charge >= 0.3 is 6.16 Å². The van der Waals surface area contributed by atoms with Gasteiger partial charge < -0.3 is 14.2 Å². The molecule has 0 radical (unpaired) electrons. The summed E-state index contributed by atoms with van der Waals surface area (Å²) in [5.41, 5.74) is 0. The molecule has 0 aromatic carbocycles. The molecule has 0 amide bonds. The van der Waals surface area contributed by atoms with Gasteiger partial charge in [-0.15, -0.1) is 0 Å². The van der Waals surface area contributed by atoms with E-state index in [9.17, 15) is 4.79 Å². The van der Waals surface area contributed by atoms with Crippen LogP contribution in [0.1, 0.15) is 6.92 Å². The summed E-state index contributed by atoms with van der Waals surface area (Å²) < 4.78 is 14.3. The van der Waals surface area contributed by atoms with Crippen molar-refractivity contribution in [2.24, 2.45) is 0 Å². The first-order chi connectivity index (χ1) is 5.69. The van der Waals surface area contributed by atoms with Crippen molar-refractivity contribution in [2.75, 3.05) is 7.11 Å². The van der Waals surface area contributed by atoms with Crippen molar-refractivity contribution in [3.8, 4) is 0 Å². The molecule has 0 N–H and O–H groups in total. The SMILES string of the molecule is C=C(OC)C1OC(=O)OC1=CC. The van der Waals surface area contributed by atoms with Gasteiger partial charge in [0.1, 0.15) is 5.76 Å². The Morgan fingerprint density at radius 1 is 1.75 bits per heavy atom. The van der Waals surface area contributed by atoms with Crippen molar-refractivity contribution >= 4 is 6.16 Å². The molecule has 0 spiro atoms. The van der Waals surface area contributed by atoms with Crippen LogP contribution < -0.4 is 0 Å². The number of carbonyl (C=O) groups is 1. The Labute approximate surface area is 70.4 Å². The summed E-state index contributed by atoms with van der Waals surface area (Å²) in [5.74, 6) is 0.779. The minimum absolute atomic E-state index is 0.356. The predicted octanol–water partition coefficient (Wildman–Crippen LogP) is 1.59. The van der Waals surface area contributed by atoms with Crippen LogP contribution in [0.5, 0.6) is 0 Å². The number of carbonyl (C=O) groups excluding carboxylic acids is 1. The minimum atomic E-state index is -0.716.